The van der Waals surface area contributed by atoms with Crippen LogP contribution in [0.15, 0.2) is 18.3 Å². The van der Waals surface area contributed by atoms with Gasteiger partial charge < -0.3 is 14.4 Å². The van der Waals surface area contributed by atoms with Crippen molar-refractivity contribution < 1.29 is 27.4 Å². The molecule has 122 valence electrons. The number of ether oxygens (including phenoxy) is 2. The van der Waals surface area contributed by atoms with Gasteiger partial charge >= 0.3 is 6.18 Å². The number of rotatable bonds is 5. The quantitative estimate of drug-likeness (QED) is 0.834. The van der Waals surface area contributed by atoms with Gasteiger partial charge in [0.15, 0.2) is 0 Å². The molecular formula is C14H17F3N2O3. The van der Waals surface area contributed by atoms with E-state index in [-0.39, 0.29) is 24.5 Å². The maximum Gasteiger partial charge on any atom is 0.416 e. The zero-order valence-electron chi connectivity index (χ0n) is 12.1. The molecule has 1 aromatic heterocycles. The van der Waals surface area contributed by atoms with Gasteiger partial charge in [0.05, 0.1) is 12.1 Å². The monoisotopic (exact) mass is 318 g/mol. The third-order valence-corrected chi connectivity index (χ3v) is 3.28. The fourth-order valence-corrected chi connectivity index (χ4v) is 2.15. The van der Waals surface area contributed by atoms with Gasteiger partial charge in [-0.3, -0.25) is 4.79 Å². The van der Waals surface area contributed by atoms with Crippen LogP contribution in [0.5, 0.6) is 5.88 Å². The minimum absolute atomic E-state index is 0.00499. The van der Waals surface area contributed by atoms with Crippen molar-refractivity contribution in [2.24, 2.45) is 0 Å². The zero-order chi connectivity index (χ0) is 16.2. The molecule has 0 spiro atoms. The Morgan fingerprint density at radius 3 is 2.95 bits per heavy atom. The molecule has 1 aromatic rings. The molecule has 1 unspecified atom stereocenters. The van der Waals surface area contributed by atoms with E-state index in [1.807, 2.05) is 0 Å². The van der Waals surface area contributed by atoms with E-state index >= 15 is 0 Å². The van der Waals surface area contributed by atoms with Crippen LogP contribution in [0.3, 0.4) is 0 Å². The molecule has 0 radical (unpaired) electrons. The number of halogens is 3. The van der Waals surface area contributed by atoms with Gasteiger partial charge in [0, 0.05) is 31.8 Å². The number of likely N-dealkylation sites (tertiary alicyclic amines) is 1. The van der Waals surface area contributed by atoms with E-state index in [2.05, 4.69) is 4.98 Å². The summed E-state index contributed by atoms with van der Waals surface area (Å²) in [6.45, 7) is 3.07. The van der Waals surface area contributed by atoms with E-state index in [9.17, 15) is 18.0 Å². The summed E-state index contributed by atoms with van der Waals surface area (Å²) in [5.41, 5.74) is -0.806. The lowest BCUT2D eigenvalue weighted by molar-refractivity contribution is -0.137. The van der Waals surface area contributed by atoms with E-state index in [1.54, 1.807) is 11.8 Å². The van der Waals surface area contributed by atoms with Gasteiger partial charge in [-0.25, -0.2) is 4.98 Å². The lowest BCUT2D eigenvalue weighted by Crippen LogP contribution is -2.33. The summed E-state index contributed by atoms with van der Waals surface area (Å²) in [7, 11) is 0. The smallest absolute Gasteiger partial charge is 0.416 e. The number of aromatic nitrogens is 1. The van der Waals surface area contributed by atoms with Crippen molar-refractivity contribution in [1.29, 1.82) is 0 Å². The zero-order valence-corrected chi connectivity index (χ0v) is 12.1. The van der Waals surface area contributed by atoms with Crippen molar-refractivity contribution in [1.82, 2.24) is 9.88 Å². The van der Waals surface area contributed by atoms with E-state index in [4.69, 9.17) is 9.47 Å². The number of alkyl halides is 3. The first-order chi connectivity index (χ1) is 10.4. The number of hydrogen-bond donors (Lipinski definition) is 0. The van der Waals surface area contributed by atoms with Gasteiger partial charge in [0.25, 0.3) is 0 Å². The number of carbonyl (C=O) groups excluding carboxylic acids is 1. The molecule has 2 heterocycles. The van der Waals surface area contributed by atoms with Gasteiger partial charge in [-0.1, -0.05) is 0 Å². The lowest BCUT2D eigenvalue weighted by Gasteiger charge is -2.17. The standard InChI is InChI=1S/C14H17F3N2O3/c1-2-21-9-13(20)19-6-4-11(8-19)22-12-7-10(3-5-18-12)14(15,16)17/h3,5,7,11H,2,4,6,8-9H2,1H3. The Morgan fingerprint density at radius 2 is 2.27 bits per heavy atom. The normalized spacial score (nSPS) is 18.5. The predicted molar refractivity (Wildman–Crippen MR) is 71.3 cm³/mol. The largest absolute Gasteiger partial charge is 0.472 e. The van der Waals surface area contributed by atoms with Crippen molar-refractivity contribution >= 4 is 5.91 Å². The number of amides is 1. The van der Waals surface area contributed by atoms with E-state index in [0.717, 1.165) is 18.3 Å². The summed E-state index contributed by atoms with van der Waals surface area (Å²) in [6, 6.07) is 1.75. The first-order valence-corrected chi connectivity index (χ1v) is 6.95. The highest BCUT2D eigenvalue weighted by atomic mass is 19.4. The van der Waals surface area contributed by atoms with Crippen LogP contribution in [0.1, 0.15) is 18.9 Å². The molecule has 1 atom stereocenters. The molecule has 1 fully saturated rings. The molecule has 0 aliphatic carbocycles. The maximum absolute atomic E-state index is 12.6. The van der Waals surface area contributed by atoms with Gasteiger partial charge in [0.2, 0.25) is 11.8 Å². The molecule has 5 nitrogen and oxygen atoms in total. The minimum atomic E-state index is -4.43. The molecule has 22 heavy (non-hydrogen) atoms. The van der Waals surface area contributed by atoms with Crippen LogP contribution in [-0.2, 0) is 15.7 Å². The van der Waals surface area contributed by atoms with Crippen molar-refractivity contribution in [3.05, 3.63) is 23.9 Å². The fourth-order valence-electron chi connectivity index (χ4n) is 2.15. The van der Waals surface area contributed by atoms with Crippen molar-refractivity contribution in [3.8, 4) is 5.88 Å². The lowest BCUT2D eigenvalue weighted by atomic mass is 10.2. The van der Waals surface area contributed by atoms with Gasteiger partial charge in [0.1, 0.15) is 12.7 Å². The summed E-state index contributed by atoms with van der Waals surface area (Å²) < 4.78 is 48.3. The molecular weight excluding hydrogens is 301 g/mol. The Bertz CT molecular complexity index is 522. The Balaban J connectivity index is 1.92. The van der Waals surface area contributed by atoms with Gasteiger partial charge in [-0.2, -0.15) is 13.2 Å². The molecule has 2 rings (SSSR count). The third-order valence-electron chi connectivity index (χ3n) is 3.28. The summed E-state index contributed by atoms with van der Waals surface area (Å²) in [5.74, 6) is -0.233. The summed E-state index contributed by atoms with van der Waals surface area (Å²) in [4.78, 5) is 17.1. The SMILES string of the molecule is CCOCC(=O)N1CCC(Oc2cc(C(F)(F)F)ccn2)C1. The van der Waals surface area contributed by atoms with Crippen molar-refractivity contribution in [3.63, 3.8) is 0 Å². The second-order valence-electron chi connectivity index (χ2n) is 4.89. The number of hydrogen-bond acceptors (Lipinski definition) is 4. The fraction of sp³-hybridized carbons (Fsp3) is 0.571. The molecule has 8 heteroatoms. The van der Waals surface area contributed by atoms with E-state index in [0.29, 0.717) is 26.1 Å². The molecule has 1 saturated heterocycles. The molecule has 0 bridgehead atoms. The Hall–Kier alpha value is -1.83. The third kappa shape index (κ3) is 4.33. The van der Waals surface area contributed by atoms with Crippen molar-refractivity contribution in [2.45, 2.75) is 25.6 Å². The topological polar surface area (TPSA) is 51.7 Å². The highest BCUT2D eigenvalue weighted by molar-refractivity contribution is 5.77. The summed E-state index contributed by atoms with van der Waals surface area (Å²) >= 11 is 0. The predicted octanol–water partition coefficient (Wildman–Crippen LogP) is 2.12. The van der Waals surface area contributed by atoms with Crippen LogP contribution < -0.4 is 4.74 Å². The maximum atomic E-state index is 12.6. The Kier molecular flexibility index (Phi) is 5.23. The van der Waals surface area contributed by atoms with Crippen LogP contribution in [0.25, 0.3) is 0 Å². The summed E-state index contributed by atoms with van der Waals surface area (Å²) in [6.07, 6.45) is -3.18. The first-order valence-electron chi connectivity index (χ1n) is 6.95. The Morgan fingerprint density at radius 1 is 1.50 bits per heavy atom. The van der Waals surface area contributed by atoms with Crippen LogP contribution in [0.4, 0.5) is 13.2 Å². The van der Waals surface area contributed by atoms with Crippen LogP contribution in [0, 0.1) is 0 Å². The molecule has 1 aliphatic rings. The number of pyridine rings is 1. The number of carbonyl (C=O) groups is 1. The van der Waals surface area contributed by atoms with Crippen LogP contribution in [-0.4, -0.2) is 48.2 Å². The Labute approximate surface area is 126 Å². The number of nitrogens with zero attached hydrogens (tertiary/aromatic N) is 2. The average Bonchev–Trinajstić information content (AvgIpc) is 2.92. The average molecular weight is 318 g/mol. The van der Waals surface area contributed by atoms with Crippen LogP contribution in [0.2, 0.25) is 0 Å². The second kappa shape index (κ2) is 6.95. The molecule has 0 saturated carbocycles. The molecule has 1 aliphatic heterocycles. The van der Waals surface area contributed by atoms with Gasteiger partial charge in [-0.05, 0) is 13.0 Å². The minimum Gasteiger partial charge on any atom is -0.472 e. The highest BCUT2D eigenvalue weighted by Gasteiger charge is 2.32. The van der Waals surface area contributed by atoms with E-state index in [1.165, 1.54) is 0 Å². The first kappa shape index (κ1) is 16.5. The van der Waals surface area contributed by atoms with Crippen molar-refractivity contribution in [2.75, 3.05) is 26.3 Å². The van der Waals surface area contributed by atoms with Gasteiger partial charge in [-0.15, -0.1) is 0 Å². The van der Waals surface area contributed by atoms with Crippen LogP contribution >= 0.6 is 0 Å². The highest BCUT2D eigenvalue weighted by Crippen LogP contribution is 2.30. The summed E-state index contributed by atoms with van der Waals surface area (Å²) in [5, 5.41) is 0. The molecule has 0 N–H and O–H groups in total. The van der Waals surface area contributed by atoms with E-state index < -0.39 is 11.7 Å². The second-order valence-corrected chi connectivity index (χ2v) is 4.89. The molecule has 1 amide bonds. The molecule has 0 aromatic carbocycles.